The summed E-state index contributed by atoms with van der Waals surface area (Å²) in [5.41, 5.74) is 6.09. The van der Waals surface area contributed by atoms with Gasteiger partial charge in [0, 0.05) is 35.2 Å². The first-order chi connectivity index (χ1) is 18.4. The summed E-state index contributed by atoms with van der Waals surface area (Å²) in [6.45, 7) is 15.4. The average molecular weight is 526 g/mol. The lowest BCUT2D eigenvalue weighted by molar-refractivity contribution is -0.137. The lowest BCUT2D eigenvalue weighted by Gasteiger charge is -2.31. The third-order valence-corrected chi connectivity index (χ3v) is 8.29. The van der Waals surface area contributed by atoms with Gasteiger partial charge in [0.25, 0.3) is 0 Å². The molecule has 0 atom stereocenters. The molecule has 0 radical (unpaired) electrons. The van der Waals surface area contributed by atoms with Crippen LogP contribution in [0.4, 0.5) is 5.69 Å². The number of aliphatic hydroxyl groups excluding tert-OH is 1. The Labute approximate surface area is 231 Å². The minimum atomic E-state index is -0.775. The summed E-state index contributed by atoms with van der Waals surface area (Å²) in [5, 5.41) is 20.0. The third-order valence-electron chi connectivity index (χ3n) is 8.29. The van der Waals surface area contributed by atoms with Crippen molar-refractivity contribution in [3.05, 3.63) is 112 Å². The molecule has 1 aliphatic carbocycles. The number of unbranched alkanes of at least 4 members (excludes halogenated alkanes) is 2. The quantitative estimate of drug-likeness (QED) is 0.248. The SMILES string of the molecule is C=C(/C=C1/C(=O)C(/C=C2\N(CCCCCC(=O)O)c3ccccc3C2(C)C)=C1O)C(C)(C)c1ccccc1C. The highest BCUT2D eigenvalue weighted by Gasteiger charge is 2.42. The maximum absolute atomic E-state index is 13.3. The fourth-order valence-corrected chi connectivity index (χ4v) is 5.71. The van der Waals surface area contributed by atoms with E-state index >= 15 is 0 Å². The molecule has 204 valence electrons. The van der Waals surface area contributed by atoms with E-state index in [4.69, 9.17) is 5.11 Å². The van der Waals surface area contributed by atoms with Crippen LogP contribution in [0.1, 0.15) is 70.1 Å². The first-order valence-electron chi connectivity index (χ1n) is 13.6. The van der Waals surface area contributed by atoms with Crippen LogP contribution in [-0.2, 0) is 20.4 Å². The van der Waals surface area contributed by atoms with E-state index in [1.807, 2.05) is 30.3 Å². The summed E-state index contributed by atoms with van der Waals surface area (Å²) in [6, 6.07) is 16.3. The van der Waals surface area contributed by atoms with Gasteiger partial charge >= 0.3 is 5.97 Å². The number of Topliss-reactive ketones (excluding diaryl/α,β-unsaturated/α-hetero) is 1. The number of carboxylic acids is 1. The number of aliphatic hydroxyl groups is 1. The predicted octanol–water partition coefficient (Wildman–Crippen LogP) is 7.48. The predicted molar refractivity (Wildman–Crippen MR) is 157 cm³/mol. The molecule has 2 aromatic carbocycles. The minimum absolute atomic E-state index is 0.00222. The first kappa shape index (κ1) is 28.2. The number of nitrogens with zero attached hydrogens (tertiary/aromatic N) is 1. The Kier molecular flexibility index (Phi) is 7.74. The summed E-state index contributed by atoms with van der Waals surface area (Å²) in [6.07, 6.45) is 5.99. The number of carbonyl (C=O) groups excluding carboxylic acids is 1. The van der Waals surface area contributed by atoms with Crippen molar-refractivity contribution >= 4 is 17.4 Å². The first-order valence-corrected chi connectivity index (χ1v) is 13.6. The number of hydrogen-bond acceptors (Lipinski definition) is 4. The van der Waals surface area contributed by atoms with Gasteiger partial charge in [-0.05, 0) is 60.2 Å². The van der Waals surface area contributed by atoms with Crippen molar-refractivity contribution in [2.45, 2.75) is 71.1 Å². The van der Waals surface area contributed by atoms with E-state index in [-0.39, 0.29) is 23.4 Å². The Morgan fingerprint density at radius 2 is 1.72 bits per heavy atom. The molecule has 0 saturated heterocycles. The van der Waals surface area contributed by atoms with Crippen LogP contribution in [0.25, 0.3) is 0 Å². The number of benzene rings is 2. The molecule has 2 N–H and O–H groups in total. The van der Waals surface area contributed by atoms with Crippen molar-refractivity contribution in [3.8, 4) is 0 Å². The molecule has 39 heavy (non-hydrogen) atoms. The van der Waals surface area contributed by atoms with Gasteiger partial charge < -0.3 is 15.1 Å². The van der Waals surface area contributed by atoms with Gasteiger partial charge in [0.05, 0.1) is 11.1 Å². The zero-order valence-corrected chi connectivity index (χ0v) is 23.7. The maximum Gasteiger partial charge on any atom is 0.303 e. The number of carbonyl (C=O) groups is 2. The van der Waals surface area contributed by atoms with Gasteiger partial charge in [-0.3, -0.25) is 9.59 Å². The van der Waals surface area contributed by atoms with Crippen LogP contribution in [0.3, 0.4) is 0 Å². The number of fused-ring (bicyclic) bond motifs is 1. The molecule has 5 nitrogen and oxygen atoms in total. The smallest absolute Gasteiger partial charge is 0.303 e. The third kappa shape index (κ3) is 5.23. The van der Waals surface area contributed by atoms with Gasteiger partial charge in [-0.15, -0.1) is 0 Å². The number of rotatable bonds is 10. The normalized spacial score (nSPS) is 18.5. The second kappa shape index (κ2) is 10.7. The van der Waals surface area contributed by atoms with Gasteiger partial charge in [0.2, 0.25) is 5.78 Å². The number of para-hydroxylation sites is 1. The van der Waals surface area contributed by atoms with Crippen LogP contribution in [0.5, 0.6) is 0 Å². The molecule has 0 amide bonds. The standard InChI is InChI=1S/C34H39NO4/c1-22-14-9-10-15-26(22)33(3,4)23(2)20-24-31(38)25(32(24)39)21-29-34(5,6)27-16-11-12-17-28(27)35(29)19-13-7-8-18-30(36)37/h9-12,14-17,20-21,38H,2,7-8,13,18-19H2,1,3-6H3,(H,36,37)/b24-20+,29-21-. The highest BCUT2D eigenvalue weighted by Crippen LogP contribution is 2.49. The van der Waals surface area contributed by atoms with Gasteiger partial charge in [-0.2, -0.15) is 0 Å². The minimum Gasteiger partial charge on any atom is -0.506 e. The van der Waals surface area contributed by atoms with E-state index in [9.17, 15) is 14.7 Å². The molecule has 0 spiro atoms. The second-order valence-corrected chi connectivity index (χ2v) is 11.6. The Balaban J connectivity index is 1.63. The molecule has 0 unspecified atom stereocenters. The molecular weight excluding hydrogens is 486 g/mol. The Morgan fingerprint density at radius 1 is 1.05 bits per heavy atom. The van der Waals surface area contributed by atoms with E-state index in [1.54, 1.807) is 6.08 Å². The number of hydrogen-bond donors (Lipinski definition) is 2. The monoisotopic (exact) mass is 525 g/mol. The zero-order valence-electron chi connectivity index (χ0n) is 23.7. The molecule has 2 aromatic rings. The van der Waals surface area contributed by atoms with E-state index < -0.39 is 11.4 Å². The van der Waals surface area contributed by atoms with Gasteiger partial charge in [0.1, 0.15) is 5.76 Å². The van der Waals surface area contributed by atoms with Crippen molar-refractivity contribution in [1.82, 2.24) is 0 Å². The number of anilines is 1. The molecule has 2 aliphatic rings. The summed E-state index contributed by atoms with van der Waals surface area (Å²) in [5.74, 6) is -0.958. The molecule has 5 heteroatoms. The molecule has 4 rings (SSSR count). The Morgan fingerprint density at radius 3 is 2.38 bits per heavy atom. The Bertz CT molecular complexity index is 1420. The maximum atomic E-state index is 13.3. The fraction of sp³-hybridized carbons (Fsp3) is 0.353. The van der Waals surface area contributed by atoms with E-state index in [2.05, 4.69) is 70.4 Å². The van der Waals surface area contributed by atoms with Crippen LogP contribution < -0.4 is 4.90 Å². The van der Waals surface area contributed by atoms with Crippen molar-refractivity contribution in [1.29, 1.82) is 0 Å². The van der Waals surface area contributed by atoms with Gasteiger partial charge in [0.15, 0.2) is 0 Å². The van der Waals surface area contributed by atoms with Crippen molar-refractivity contribution < 1.29 is 19.8 Å². The summed E-state index contributed by atoms with van der Waals surface area (Å²) in [7, 11) is 0. The van der Waals surface area contributed by atoms with E-state index in [0.717, 1.165) is 46.5 Å². The van der Waals surface area contributed by atoms with Gasteiger partial charge in [-0.25, -0.2) is 0 Å². The zero-order chi connectivity index (χ0) is 28.5. The molecule has 0 fully saturated rings. The lowest BCUT2D eigenvalue weighted by Crippen LogP contribution is -2.30. The van der Waals surface area contributed by atoms with E-state index in [1.165, 1.54) is 0 Å². The summed E-state index contributed by atoms with van der Waals surface area (Å²) in [4.78, 5) is 26.4. The topological polar surface area (TPSA) is 77.8 Å². The summed E-state index contributed by atoms with van der Waals surface area (Å²) < 4.78 is 0. The van der Waals surface area contributed by atoms with Crippen LogP contribution in [0, 0.1) is 6.92 Å². The van der Waals surface area contributed by atoms with E-state index in [0.29, 0.717) is 24.1 Å². The highest BCUT2D eigenvalue weighted by atomic mass is 16.4. The van der Waals surface area contributed by atoms with Crippen molar-refractivity contribution in [2.75, 3.05) is 11.4 Å². The second-order valence-electron chi connectivity index (χ2n) is 11.6. The van der Waals surface area contributed by atoms with Gasteiger partial charge in [-0.1, -0.05) is 83.2 Å². The fourth-order valence-electron chi connectivity index (χ4n) is 5.71. The average Bonchev–Trinajstić information content (AvgIpc) is 3.10. The molecular formula is C34H39NO4. The molecule has 0 aromatic heterocycles. The molecule has 1 aliphatic heterocycles. The number of ketones is 1. The lowest BCUT2D eigenvalue weighted by atomic mass is 9.74. The number of allylic oxidation sites excluding steroid dienone is 6. The number of aryl methyl sites for hydroxylation is 1. The van der Waals surface area contributed by atoms with Crippen LogP contribution >= 0.6 is 0 Å². The van der Waals surface area contributed by atoms with Crippen LogP contribution in [0.2, 0.25) is 0 Å². The van der Waals surface area contributed by atoms with Crippen LogP contribution in [0.15, 0.2) is 95.4 Å². The van der Waals surface area contributed by atoms with Crippen LogP contribution in [-0.4, -0.2) is 28.5 Å². The number of aliphatic carboxylic acids is 1. The van der Waals surface area contributed by atoms with Crippen molar-refractivity contribution in [2.24, 2.45) is 0 Å². The number of carboxylic acid groups (broad SMARTS) is 1. The molecule has 1 heterocycles. The Hall–Kier alpha value is -3.86. The molecule has 0 saturated carbocycles. The summed E-state index contributed by atoms with van der Waals surface area (Å²) >= 11 is 0. The largest absolute Gasteiger partial charge is 0.506 e. The van der Waals surface area contributed by atoms with Crippen molar-refractivity contribution in [3.63, 3.8) is 0 Å². The molecule has 0 bridgehead atoms. The highest BCUT2D eigenvalue weighted by molar-refractivity contribution is 6.21.